The average molecular weight is 267 g/mol. The van der Waals surface area contributed by atoms with Crippen molar-refractivity contribution in [1.29, 1.82) is 0 Å². The molecular weight excluding hydrogens is 242 g/mol. The molecule has 0 amide bonds. The van der Waals surface area contributed by atoms with Crippen molar-refractivity contribution in [2.45, 2.75) is 39.7 Å². The third-order valence-corrected chi connectivity index (χ3v) is 3.98. The first-order valence-corrected chi connectivity index (χ1v) is 7.23. The molecule has 1 aromatic heterocycles. The van der Waals surface area contributed by atoms with Gasteiger partial charge in [0.05, 0.1) is 13.2 Å². The number of thiophene rings is 1. The molecule has 0 spiro atoms. The van der Waals surface area contributed by atoms with Crippen LogP contribution in [-0.2, 0) is 16.7 Å². The minimum Gasteiger partial charge on any atom is -0.376 e. The van der Waals surface area contributed by atoms with Crippen LogP contribution in [0.3, 0.4) is 0 Å². The molecule has 1 rings (SSSR count). The number of nitrogens with one attached hydrogen (secondary N) is 1. The van der Waals surface area contributed by atoms with E-state index >= 15 is 0 Å². The summed E-state index contributed by atoms with van der Waals surface area (Å²) in [4.78, 5) is 2.83. The van der Waals surface area contributed by atoms with E-state index in [2.05, 4.69) is 44.8 Å². The van der Waals surface area contributed by atoms with E-state index in [1.165, 1.54) is 9.75 Å². The number of hydrogen-bond donors (Lipinski definition) is 1. The maximum Gasteiger partial charge on any atom is 0.0672 e. The summed E-state index contributed by atoms with van der Waals surface area (Å²) in [7, 11) is 0. The van der Waals surface area contributed by atoms with Crippen LogP contribution in [0, 0.1) is 0 Å². The molecule has 0 unspecified atom stereocenters. The molecule has 0 aromatic carbocycles. The van der Waals surface area contributed by atoms with Crippen LogP contribution < -0.4 is 5.32 Å². The highest BCUT2D eigenvalue weighted by molar-refractivity contribution is 7.12. The summed E-state index contributed by atoms with van der Waals surface area (Å²) in [5.41, 5.74) is 1.33. The summed E-state index contributed by atoms with van der Waals surface area (Å²) >= 11 is 1.89. The van der Waals surface area contributed by atoms with E-state index in [0.717, 1.165) is 25.3 Å². The smallest absolute Gasteiger partial charge is 0.0672 e. The number of rotatable bonds is 7. The topological polar surface area (TPSA) is 21.3 Å². The van der Waals surface area contributed by atoms with Crippen LogP contribution in [0.5, 0.6) is 0 Å². The third-order valence-electron chi connectivity index (χ3n) is 2.47. The summed E-state index contributed by atoms with van der Waals surface area (Å²) in [6.45, 7) is 15.8. The predicted molar refractivity (Wildman–Crippen MR) is 80.4 cm³/mol. The molecule has 2 nitrogen and oxygen atoms in total. The summed E-state index contributed by atoms with van der Waals surface area (Å²) in [6, 6.07) is 4.45. The van der Waals surface area contributed by atoms with Gasteiger partial charge in [-0.15, -0.1) is 11.3 Å². The normalized spacial score (nSPS) is 11.8. The molecular formula is C15H25NOS. The molecule has 0 saturated carbocycles. The van der Waals surface area contributed by atoms with E-state index in [-0.39, 0.29) is 5.41 Å². The van der Waals surface area contributed by atoms with Gasteiger partial charge in [0.1, 0.15) is 0 Å². The molecule has 1 aromatic rings. The predicted octanol–water partition coefficient (Wildman–Crippen LogP) is 3.73. The van der Waals surface area contributed by atoms with Crippen LogP contribution in [0.25, 0.3) is 0 Å². The Hall–Kier alpha value is -0.640. The van der Waals surface area contributed by atoms with Crippen molar-refractivity contribution < 1.29 is 4.74 Å². The monoisotopic (exact) mass is 267 g/mol. The maximum atomic E-state index is 5.43. The van der Waals surface area contributed by atoms with Crippen LogP contribution in [0.15, 0.2) is 24.3 Å². The fourth-order valence-electron chi connectivity index (χ4n) is 1.48. The van der Waals surface area contributed by atoms with Gasteiger partial charge in [-0.25, -0.2) is 0 Å². The molecule has 102 valence electrons. The second-order valence-electron chi connectivity index (χ2n) is 5.70. The molecule has 0 fully saturated rings. The Balaban J connectivity index is 2.20. The van der Waals surface area contributed by atoms with Crippen molar-refractivity contribution in [3.63, 3.8) is 0 Å². The largest absolute Gasteiger partial charge is 0.376 e. The first-order chi connectivity index (χ1) is 8.39. The van der Waals surface area contributed by atoms with E-state index in [1.54, 1.807) is 0 Å². The number of hydrogen-bond acceptors (Lipinski definition) is 3. The Bertz CT molecular complexity index is 376. The van der Waals surface area contributed by atoms with Crippen molar-refractivity contribution >= 4 is 11.3 Å². The zero-order valence-corrected chi connectivity index (χ0v) is 12.8. The first kappa shape index (κ1) is 15.4. The molecule has 1 heterocycles. The third kappa shape index (κ3) is 5.80. The van der Waals surface area contributed by atoms with E-state index < -0.39 is 0 Å². The zero-order valence-electron chi connectivity index (χ0n) is 12.0. The van der Waals surface area contributed by atoms with E-state index in [1.807, 2.05) is 18.3 Å². The van der Waals surface area contributed by atoms with E-state index in [9.17, 15) is 0 Å². The summed E-state index contributed by atoms with van der Waals surface area (Å²) in [6.07, 6.45) is 0. The van der Waals surface area contributed by atoms with Crippen LogP contribution in [0.2, 0.25) is 0 Å². The van der Waals surface area contributed by atoms with Crippen molar-refractivity contribution in [2.24, 2.45) is 0 Å². The average Bonchev–Trinajstić information content (AvgIpc) is 2.71. The molecule has 3 heteroatoms. The van der Waals surface area contributed by atoms with Gasteiger partial charge in [-0.3, -0.25) is 0 Å². The Morgan fingerprint density at radius 1 is 1.39 bits per heavy atom. The fraction of sp³-hybridized carbons (Fsp3) is 0.600. The highest BCUT2D eigenvalue weighted by Gasteiger charge is 2.15. The van der Waals surface area contributed by atoms with Gasteiger partial charge in [0.15, 0.2) is 0 Å². The molecule has 0 aliphatic rings. The lowest BCUT2D eigenvalue weighted by molar-refractivity contribution is 0.158. The lowest BCUT2D eigenvalue weighted by atomic mass is 9.95. The highest BCUT2D eigenvalue weighted by Crippen LogP contribution is 2.29. The summed E-state index contributed by atoms with van der Waals surface area (Å²) < 4.78 is 5.43. The molecule has 0 aliphatic heterocycles. The molecule has 0 radical (unpaired) electrons. The lowest BCUT2D eigenvalue weighted by Crippen LogP contribution is -2.19. The minimum atomic E-state index is 0.257. The van der Waals surface area contributed by atoms with Gasteiger partial charge in [0, 0.05) is 22.8 Å². The van der Waals surface area contributed by atoms with Crippen LogP contribution in [0.4, 0.5) is 0 Å². The van der Waals surface area contributed by atoms with Crippen molar-refractivity contribution in [1.82, 2.24) is 5.32 Å². The van der Waals surface area contributed by atoms with Gasteiger partial charge in [-0.05, 0) is 24.5 Å². The molecule has 0 saturated heterocycles. The van der Waals surface area contributed by atoms with Gasteiger partial charge in [0.2, 0.25) is 0 Å². The van der Waals surface area contributed by atoms with Crippen LogP contribution in [-0.4, -0.2) is 19.8 Å². The Labute approximate surface area is 115 Å². The Morgan fingerprint density at radius 3 is 2.67 bits per heavy atom. The Kier molecular flexibility index (Phi) is 6.06. The summed E-state index contributed by atoms with van der Waals surface area (Å²) in [5, 5.41) is 3.40. The molecule has 1 N–H and O–H groups in total. The maximum absolute atomic E-state index is 5.43. The lowest BCUT2D eigenvalue weighted by Gasteiger charge is -2.15. The fourth-order valence-corrected chi connectivity index (χ4v) is 2.51. The quantitative estimate of drug-likeness (QED) is 0.600. The highest BCUT2D eigenvalue weighted by atomic mass is 32.1. The molecule has 0 atom stereocenters. The van der Waals surface area contributed by atoms with Gasteiger partial charge in [-0.1, -0.05) is 32.9 Å². The number of ether oxygens (including phenoxy) is 1. The second-order valence-corrected chi connectivity index (χ2v) is 6.87. The minimum absolute atomic E-state index is 0.257. The van der Waals surface area contributed by atoms with Crippen molar-refractivity contribution in [3.05, 3.63) is 34.0 Å². The standard InChI is InChI=1S/C15H25NOS/c1-12(2)11-17-9-8-16-10-13-6-7-14(18-13)15(3,4)5/h6-7,16H,1,8-11H2,2-5H3. The van der Waals surface area contributed by atoms with E-state index in [4.69, 9.17) is 4.74 Å². The molecule has 18 heavy (non-hydrogen) atoms. The molecule has 0 aliphatic carbocycles. The van der Waals surface area contributed by atoms with Crippen molar-refractivity contribution in [3.8, 4) is 0 Å². The van der Waals surface area contributed by atoms with Crippen LogP contribution >= 0.6 is 11.3 Å². The van der Waals surface area contributed by atoms with Crippen molar-refractivity contribution in [2.75, 3.05) is 19.8 Å². The van der Waals surface area contributed by atoms with Gasteiger partial charge < -0.3 is 10.1 Å². The van der Waals surface area contributed by atoms with Gasteiger partial charge >= 0.3 is 0 Å². The summed E-state index contributed by atoms with van der Waals surface area (Å²) in [5.74, 6) is 0. The second kappa shape index (κ2) is 7.07. The first-order valence-electron chi connectivity index (χ1n) is 6.41. The van der Waals surface area contributed by atoms with E-state index in [0.29, 0.717) is 6.61 Å². The van der Waals surface area contributed by atoms with Crippen LogP contribution in [0.1, 0.15) is 37.4 Å². The van der Waals surface area contributed by atoms with Gasteiger partial charge in [0.25, 0.3) is 0 Å². The van der Waals surface area contributed by atoms with Gasteiger partial charge in [-0.2, -0.15) is 0 Å². The SMILES string of the molecule is C=C(C)COCCNCc1ccc(C(C)(C)C)s1. The Morgan fingerprint density at radius 2 is 2.11 bits per heavy atom. The zero-order chi connectivity index (χ0) is 13.6. The molecule has 0 bridgehead atoms.